The van der Waals surface area contributed by atoms with Crippen molar-refractivity contribution in [1.29, 1.82) is 0 Å². The molecule has 3 amide bonds. The van der Waals surface area contributed by atoms with E-state index in [1.807, 2.05) is 13.8 Å². The van der Waals surface area contributed by atoms with Crippen LogP contribution in [0.1, 0.15) is 26.7 Å². The van der Waals surface area contributed by atoms with Crippen LogP contribution in [0.3, 0.4) is 0 Å². The summed E-state index contributed by atoms with van der Waals surface area (Å²) in [6, 6.07) is 0. The Hall–Kier alpha value is -1.65. The van der Waals surface area contributed by atoms with Crippen LogP contribution in [0.2, 0.25) is 0 Å². The Balaban J connectivity index is 1.64. The molecular weight excluding hydrogens is 268 g/mol. The average Bonchev–Trinajstić information content (AvgIpc) is 3.13. The lowest BCUT2D eigenvalue weighted by molar-refractivity contribution is -0.141. The zero-order chi connectivity index (χ0) is 15.1. The second kappa shape index (κ2) is 5.28. The quantitative estimate of drug-likeness (QED) is 0.562. The molecule has 5 nitrogen and oxygen atoms in total. The lowest BCUT2D eigenvalue weighted by Gasteiger charge is -2.21. The van der Waals surface area contributed by atoms with Gasteiger partial charge < -0.3 is 4.90 Å². The number of carbonyl (C=O) groups excluding carboxylic acids is 3. The minimum absolute atomic E-state index is 0.0127. The van der Waals surface area contributed by atoms with Crippen LogP contribution in [-0.4, -0.2) is 47.2 Å². The summed E-state index contributed by atoms with van der Waals surface area (Å²) in [6.45, 7) is 5.43. The van der Waals surface area contributed by atoms with Crippen molar-refractivity contribution in [2.45, 2.75) is 26.7 Å². The lowest BCUT2D eigenvalue weighted by Crippen LogP contribution is -2.38. The van der Waals surface area contributed by atoms with Crippen LogP contribution >= 0.6 is 0 Å². The molecule has 1 saturated heterocycles. The first-order valence-electron chi connectivity index (χ1n) is 7.89. The van der Waals surface area contributed by atoms with Gasteiger partial charge in [0, 0.05) is 26.1 Å². The molecule has 0 N–H and O–H groups in total. The van der Waals surface area contributed by atoms with Crippen molar-refractivity contribution in [2.75, 3.05) is 19.6 Å². The highest BCUT2D eigenvalue weighted by molar-refractivity contribution is 6.06. The molecule has 4 atom stereocenters. The standard InChI is InChI=1S/C16H22N2O3/c1-3-17(4-2)12(19)7-8-18-15(20)13-10-5-6-11(9-10)14(13)16(18)21/h5-6,10-11,13-14H,3-4,7-9H2,1-2H3/t10-,11+,13-,14+. The maximum absolute atomic E-state index is 12.5. The van der Waals surface area contributed by atoms with Crippen LogP contribution in [0.25, 0.3) is 0 Å². The predicted molar refractivity (Wildman–Crippen MR) is 77.0 cm³/mol. The van der Waals surface area contributed by atoms with Gasteiger partial charge in [0.1, 0.15) is 0 Å². The van der Waals surface area contributed by atoms with E-state index in [-0.39, 0.29) is 54.4 Å². The average molecular weight is 290 g/mol. The van der Waals surface area contributed by atoms with Crippen molar-refractivity contribution in [3.63, 3.8) is 0 Å². The molecule has 5 heteroatoms. The fraction of sp³-hybridized carbons (Fsp3) is 0.688. The summed E-state index contributed by atoms with van der Waals surface area (Å²) >= 11 is 0. The fourth-order valence-electron chi connectivity index (χ4n) is 4.13. The summed E-state index contributed by atoms with van der Waals surface area (Å²) in [5.41, 5.74) is 0. The largest absolute Gasteiger partial charge is 0.343 e. The van der Waals surface area contributed by atoms with E-state index in [2.05, 4.69) is 12.2 Å². The van der Waals surface area contributed by atoms with Gasteiger partial charge in [-0.05, 0) is 32.1 Å². The summed E-state index contributed by atoms with van der Waals surface area (Å²) < 4.78 is 0. The number of imide groups is 1. The van der Waals surface area contributed by atoms with Crippen molar-refractivity contribution in [2.24, 2.45) is 23.7 Å². The van der Waals surface area contributed by atoms with Crippen LogP contribution in [0.15, 0.2) is 12.2 Å². The van der Waals surface area contributed by atoms with Gasteiger partial charge in [0.15, 0.2) is 0 Å². The van der Waals surface area contributed by atoms with Gasteiger partial charge in [-0.2, -0.15) is 0 Å². The molecule has 1 saturated carbocycles. The topological polar surface area (TPSA) is 57.7 Å². The van der Waals surface area contributed by atoms with Gasteiger partial charge in [-0.1, -0.05) is 12.2 Å². The van der Waals surface area contributed by atoms with Gasteiger partial charge >= 0.3 is 0 Å². The molecule has 21 heavy (non-hydrogen) atoms. The molecule has 114 valence electrons. The smallest absolute Gasteiger partial charge is 0.233 e. The normalized spacial score (nSPS) is 33.0. The van der Waals surface area contributed by atoms with Crippen molar-refractivity contribution >= 4 is 17.7 Å². The predicted octanol–water partition coefficient (Wildman–Crippen LogP) is 1.05. The van der Waals surface area contributed by atoms with E-state index in [0.29, 0.717) is 13.1 Å². The van der Waals surface area contributed by atoms with E-state index in [9.17, 15) is 14.4 Å². The minimum atomic E-state index is -0.156. The summed E-state index contributed by atoms with van der Waals surface area (Å²) in [5.74, 6) is 0.0501. The number of rotatable bonds is 5. The molecule has 0 unspecified atom stereocenters. The molecule has 2 bridgehead atoms. The Morgan fingerprint density at radius 2 is 1.67 bits per heavy atom. The first kappa shape index (κ1) is 14.3. The zero-order valence-electron chi connectivity index (χ0n) is 12.6. The molecule has 3 aliphatic rings. The molecule has 3 rings (SSSR count). The van der Waals surface area contributed by atoms with Crippen LogP contribution < -0.4 is 0 Å². The van der Waals surface area contributed by atoms with E-state index in [1.165, 1.54) is 4.90 Å². The Labute approximate surface area is 125 Å². The van der Waals surface area contributed by atoms with Crippen molar-refractivity contribution in [3.05, 3.63) is 12.2 Å². The first-order chi connectivity index (χ1) is 10.1. The second-order valence-electron chi connectivity index (χ2n) is 6.14. The molecule has 0 aromatic heterocycles. The number of hydrogen-bond donors (Lipinski definition) is 0. The molecule has 1 aliphatic heterocycles. The van der Waals surface area contributed by atoms with Gasteiger partial charge in [-0.3, -0.25) is 19.3 Å². The highest BCUT2D eigenvalue weighted by Gasteiger charge is 2.59. The maximum Gasteiger partial charge on any atom is 0.233 e. The van der Waals surface area contributed by atoms with E-state index in [1.54, 1.807) is 4.90 Å². The van der Waals surface area contributed by atoms with E-state index >= 15 is 0 Å². The molecule has 0 aromatic carbocycles. The van der Waals surface area contributed by atoms with Crippen molar-refractivity contribution in [3.8, 4) is 0 Å². The number of likely N-dealkylation sites (tertiary alicyclic amines) is 1. The third kappa shape index (κ3) is 2.10. The van der Waals surface area contributed by atoms with Gasteiger partial charge in [-0.25, -0.2) is 0 Å². The number of allylic oxidation sites excluding steroid dienone is 2. The number of fused-ring (bicyclic) bond motifs is 5. The van der Waals surface area contributed by atoms with Crippen molar-refractivity contribution < 1.29 is 14.4 Å². The number of amides is 3. The Morgan fingerprint density at radius 3 is 2.14 bits per heavy atom. The van der Waals surface area contributed by atoms with Gasteiger partial charge in [0.25, 0.3) is 0 Å². The number of hydrogen-bond acceptors (Lipinski definition) is 3. The third-order valence-electron chi connectivity index (χ3n) is 5.23. The highest BCUT2D eigenvalue weighted by Crippen LogP contribution is 2.52. The SMILES string of the molecule is CCN(CC)C(=O)CCN1C(=O)[C@@H]2[C@H](C1=O)[C@@H]1C=C[C@H]2C1. The third-order valence-corrected chi connectivity index (χ3v) is 5.23. The fourth-order valence-corrected chi connectivity index (χ4v) is 4.13. The highest BCUT2D eigenvalue weighted by atomic mass is 16.2. The van der Waals surface area contributed by atoms with E-state index in [0.717, 1.165) is 6.42 Å². The first-order valence-corrected chi connectivity index (χ1v) is 7.89. The zero-order valence-corrected chi connectivity index (χ0v) is 12.6. The van der Waals surface area contributed by atoms with Crippen LogP contribution in [0.5, 0.6) is 0 Å². The second-order valence-corrected chi connectivity index (χ2v) is 6.14. The van der Waals surface area contributed by atoms with Crippen LogP contribution in [0, 0.1) is 23.7 Å². The number of nitrogens with zero attached hydrogens (tertiary/aromatic N) is 2. The maximum atomic E-state index is 12.5. The molecular formula is C16H22N2O3. The molecule has 0 radical (unpaired) electrons. The van der Waals surface area contributed by atoms with Gasteiger partial charge in [-0.15, -0.1) is 0 Å². The molecule has 0 spiro atoms. The minimum Gasteiger partial charge on any atom is -0.343 e. The molecule has 1 heterocycles. The summed E-state index contributed by atoms with van der Waals surface area (Å²) in [6.07, 6.45) is 5.35. The summed E-state index contributed by atoms with van der Waals surface area (Å²) in [4.78, 5) is 40.0. The van der Waals surface area contributed by atoms with Gasteiger partial charge in [0.05, 0.1) is 11.8 Å². The number of carbonyl (C=O) groups is 3. The van der Waals surface area contributed by atoms with Crippen molar-refractivity contribution in [1.82, 2.24) is 9.80 Å². The van der Waals surface area contributed by atoms with E-state index < -0.39 is 0 Å². The Morgan fingerprint density at radius 1 is 1.14 bits per heavy atom. The monoisotopic (exact) mass is 290 g/mol. The van der Waals surface area contributed by atoms with E-state index in [4.69, 9.17) is 0 Å². The molecule has 0 aromatic rings. The summed E-state index contributed by atoms with van der Waals surface area (Å²) in [5, 5.41) is 0. The van der Waals surface area contributed by atoms with Gasteiger partial charge in [0.2, 0.25) is 17.7 Å². The lowest BCUT2D eigenvalue weighted by atomic mass is 9.85. The Bertz CT molecular complexity index is 480. The molecule has 2 fully saturated rings. The Kier molecular flexibility index (Phi) is 3.59. The van der Waals surface area contributed by atoms with Crippen LogP contribution in [0.4, 0.5) is 0 Å². The van der Waals surface area contributed by atoms with Crippen LogP contribution in [-0.2, 0) is 14.4 Å². The molecule has 2 aliphatic carbocycles. The summed E-state index contributed by atoms with van der Waals surface area (Å²) in [7, 11) is 0.